The molecule has 0 aliphatic rings. The predicted molar refractivity (Wildman–Crippen MR) is 88.0 cm³/mol. The summed E-state index contributed by atoms with van der Waals surface area (Å²) < 4.78 is 23.4. The van der Waals surface area contributed by atoms with Crippen molar-refractivity contribution in [1.29, 1.82) is 0 Å². The highest BCUT2D eigenvalue weighted by molar-refractivity contribution is 5.79. The fourth-order valence-electron chi connectivity index (χ4n) is 2.18. The molecule has 0 fully saturated rings. The van der Waals surface area contributed by atoms with Crippen LogP contribution in [0.15, 0.2) is 48.5 Å². The zero-order valence-electron chi connectivity index (χ0n) is 13.6. The average molecular weight is 347 g/mol. The number of carbonyl (C=O) groups excluding carboxylic acids is 1. The number of carbonyl (C=O) groups is 2. The lowest BCUT2D eigenvalue weighted by Crippen LogP contribution is -2.33. The first kappa shape index (κ1) is 18.3. The van der Waals surface area contributed by atoms with Gasteiger partial charge in [0.2, 0.25) is 0 Å². The van der Waals surface area contributed by atoms with Gasteiger partial charge in [-0.15, -0.1) is 0 Å². The number of nitrogens with one attached hydrogen (secondary N) is 1. The van der Waals surface area contributed by atoms with E-state index in [2.05, 4.69) is 5.32 Å². The van der Waals surface area contributed by atoms with Crippen LogP contribution >= 0.6 is 0 Å². The fourth-order valence-corrected chi connectivity index (χ4v) is 2.18. The Balaban J connectivity index is 1.96. The molecule has 0 heterocycles. The second kappa shape index (κ2) is 8.68. The van der Waals surface area contributed by atoms with Crippen molar-refractivity contribution in [2.24, 2.45) is 0 Å². The van der Waals surface area contributed by atoms with Crippen LogP contribution in [0.5, 0.6) is 11.5 Å². The Morgan fingerprint density at radius 3 is 2.24 bits per heavy atom. The molecule has 0 aliphatic heterocycles. The zero-order valence-corrected chi connectivity index (χ0v) is 13.6. The summed E-state index contributed by atoms with van der Waals surface area (Å²) in [5, 5.41) is 11.6. The molecule has 0 radical (unpaired) electrons. The van der Waals surface area contributed by atoms with E-state index < -0.39 is 23.7 Å². The highest BCUT2D eigenvalue weighted by Gasteiger charge is 2.18. The number of methoxy groups -OCH3 is 1. The van der Waals surface area contributed by atoms with Crippen LogP contribution < -0.4 is 14.8 Å². The molecule has 7 heteroatoms. The number of hydrogen-bond donors (Lipinski definition) is 2. The number of hydrogen-bond acceptors (Lipinski definition) is 4. The fraction of sp³-hybridized carbons (Fsp3) is 0.222. The van der Waals surface area contributed by atoms with Gasteiger partial charge in [-0.25, -0.2) is 4.39 Å². The molecule has 2 aromatic carbocycles. The normalized spacial score (nSPS) is 11.4. The summed E-state index contributed by atoms with van der Waals surface area (Å²) in [7, 11) is 1.54. The molecule has 0 bridgehead atoms. The summed E-state index contributed by atoms with van der Waals surface area (Å²) in [5.74, 6) is -0.855. The van der Waals surface area contributed by atoms with E-state index in [0.717, 1.165) is 0 Å². The number of carboxylic acids is 1. The third-order valence-electron chi connectivity index (χ3n) is 3.42. The van der Waals surface area contributed by atoms with Gasteiger partial charge in [0.25, 0.3) is 5.91 Å². The Morgan fingerprint density at radius 2 is 1.68 bits per heavy atom. The van der Waals surface area contributed by atoms with E-state index in [1.54, 1.807) is 31.4 Å². The lowest BCUT2D eigenvalue weighted by atomic mass is 10.0. The predicted octanol–water partition coefficient (Wildman–Crippen LogP) is 2.55. The van der Waals surface area contributed by atoms with Crippen molar-refractivity contribution >= 4 is 11.9 Å². The number of rotatable bonds is 8. The first-order valence-electron chi connectivity index (χ1n) is 7.51. The van der Waals surface area contributed by atoms with E-state index >= 15 is 0 Å². The Labute approximate surface area is 144 Å². The van der Waals surface area contributed by atoms with Gasteiger partial charge in [-0.05, 0) is 42.0 Å². The van der Waals surface area contributed by atoms with Gasteiger partial charge in [0, 0.05) is 0 Å². The van der Waals surface area contributed by atoms with Crippen molar-refractivity contribution < 1.29 is 28.6 Å². The highest BCUT2D eigenvalue weighted by atomic mass is 19.1. The van der Waals surface area contributed by atoms with Gasteiger partial charge >= 0.3 is 5.97 Å². The van der Waals surface area contributed by atoms with Crippen molar-refractivity contribution in [3.63, 3.8) is 0 Å². The molecule has 0 unspecified atom stereocenters. The van der Waals surface area contributed by atoms with Crippen molar-refractivity contribution in [3.05, 3.63) is 59.9 Å². The SMILES string of the molecule is COc1ccc(OCC(=O)N[C@H](CC(=O)O)c2ccc(F)cc2)cc1. The summed E-state index contributed by atoms with van der Waals surface area (Å²) >= 11 is 0. The molecule has 0 aromatic heterocycles. The van der Waals surface area contributed by atoms with Crippen LogP contribution in [0.3, 0.4) is 0 Å². The van der Waals surface area contributed by atoms with Crippen LogP contribution in [-0.2, 0) is 9.59 Å². The first-order chi connectivity index (χ1) is 12.0. The molecular weight excluding hydrogens is 329 g/mol. The van der Waals surface area contributed by atoms with Gasteiger partial charge in [0.05, 0.1) is 19.6 Å². The third-order valence-corrected chi connectivity index (χ3v) is 3.42. The van der Waals surface area contributed by atoms with Crippen molar-refractivity contribution in [1.82, 2.24) is 5.32 Å². The third kappa shape index (κ3) is 5.80. The standard InChI is InChI=1S/C18H18FNO5/c1-24-14-6-8-15(9-7-14)25-11-17(21)20-16(10-18(22)23)12-2-4-13(19)5-3-12/h2-9,16H,10-11H2,1H3,(H,20,21)(H,22,23)/t16-/m1/s1. The average Bonchev–Trinajstić information content (AvgIpc) is 2.60. The van der Waals surface area contributed by atoms with Gasteiger partial charge < -0.3 is 19.9 Å². The van der Waals surface area contributed by atoms with Crippen LogP contribution in [0.2, 0.25) is 0 Å². The molecule has 0 saturated carbocycles. The van der Waals surface area contributed by atoms with Crippen LogP contribution in [0.1, 0.15) is 18.0 Å². The summed E-state index contributed by atoms with van der Waals surface area (Å²) in [4.78, 5) is 23.0. The lowest BCUT2D eigenvalue weighted by Gasteiger charge is -2.17. The summed E-state index contributed by atoms with van der Waals surface area (Å²) in [6, 6.07) is 11.2. The van der Waals surface area contributed by atoms with Gasteiger partial charge in [-0.2, -0.15) is 0 Å². The minimum Gasteiger partial charge on any atom is -0.497 e. The molecule has 1 amide bonds. The second-order valence-electron chi connectivity index (χ2n) is 5.23. The molecule has 2 rings (SSSR count). The maximum atomic E-state index is 13.0. The van der Waals surface area contributed by atoms with E-state index in [1.807, 2.05) is 0 Å². The van der Waals surface area contributed by atoms with E-state index in [9.17, 15) is 14.0 Å². The van der Waals surface area contributed by atoms with Crippen molar-refractivity contribution in [2.75, 3.05) is 13.7 Å². The Hall–Kier alpha value is -3.09. The monoisotopic (exact) mass is 347 g/mol. The topological polar surface area (TPSA) is 84.9 Å². The quantitative estimate of drug-likeness (QED) is 0.767. The number of aliphatic carboxylic acids is 1. The Morgan fingerprint density at radius 1 is 1.08 bits per heavy atom. The van der Waals surface area contributed by atoms with Crippen LogP contribution in [0.25, 0.3) is 0 Å². The summed E-state index contributed by atoms with van der Waals surface area (Å²) in [6.07, 6.45) is -0.320. The molecule has 2 N–H and O–H groups in total. The molecule has 0 saturated heterocycles. The van der Waals surface area contributed by atoms with Gasteiger partial charge in [0.1, 0.15) is 17.3 Å². The van der Waals surface area contributed by atoms with Crippen LogP contribution in [0.4, 0.5) is 4.39 Å². The van der Waals surface area contributed by atoms with Gasteiger partial charge in [-0.1, -0.05) is 12.1 Å². The minimum atomic E-state index is -1.08. The molecule has 1 atom stereocenters. The van der Waals surface area contributed by atoms with Crippen LogP contribution in [-0.4, -0.2) is 30.7 Å². The Kier molecular flexibility index (Phi) is 6.33. The largest absolute Gasteiger partial charge is 0.497 e. The molecule has 132 valence electrons. The maximum Gasteiger partial charge on any atom is 0.305 e. The number of ether oxygens (including phenoxy) is 2. The number of carboxylic acid groups (broad SMARTS) is 1. The lowest BCUT2D eigenvalue weighted by molar-refractivity contribution is -0.137. The molecule has 0 spiro atoms. The number of amides is 1. The van der Waals surface area contributed by atoms with E-state index in [4.69, 9.17) is 14.6 Å². The molecule has 0 aliphatic carbocycles. The maximum absolute atomic E-state index is 13.0. The van der Waals surface area contributed by atoms with E-state index in [0.29, 0.717) is 17.1 Å². The second-order valence-corrected chi connectivity index (χ2v) is 5.23. The highest BCUT2D eigenvalue weighted by Crippen LogP contribution is 2.19. The van der Waals surface area contributed by atoms with Crippen LogP contribution in [0, 0.1) is 5.82 Å². The minimum absolute atomic E-state index is 0.274. The molecular formula is C18H18FNO5. The Bertz CT molecular complexity index is 715. The molecule has 25 heavy (non-hydrogen) atoms. The summed E-state index contributed by atoms with van der Waals surface area (Å²) in [6.45, 7) is -0.274. The van der Waals surface area contributed by atoms with Gasteiger partial charge in [-0.3, -0.25) is 9.59 Å². The molecule has 2 aromatic rings. The number of halogens is 1. The summed E-state index contributed by atoms with van der Waals surface area (Å²) in [5.41, 5.74) is 0.501. The van der Waals surface area contributed by atoms with Crippen molar-refractivity contribution in [3.8, 4) is 11.5 Å². The van der Waals surface area contributed by atoms with Crippen molar-refractivity contribution in [2.45, 2.75) is 12.5 Å². The first-order valence-corrected chi connectivity index (χ1v) is 7.51. The zero-order chi connectivity index (χ0) is 18.2. The number of benzene rings is 2. The van der Waals surface area contributed by atoms with Gasteiger partial charge in [0.15, 0.2) is 6.61 Å². The van der Waals surface area contributed by atoms with E-state index in [-0.39, 0.29) is 13.0 Å². The molecule has 6 nitrogen and oxygen atoms in total. The van der Waals surface area contributed by atoms with E-state index in [1.165, 1.54) is 24.3 Å². The smallest absolute Gasteiger partial charge is 0.305 e.